The van der Waals surface area contributed by atoms with Gasteiger partial charge in [0.25, 0.3) is 5.56 Å². The maximum Gasteiger partial charge on any atom is 0.439 e. The summed E-state index contributed by atoms with van der Waals surface area (Å²) < 4.78 is 2.27. The molecule has 0 spiro atoms. The molecular weight excluding hydrogens is 284 g/mol. The molecule has 0 unspecified atom stereocenters. The van der Waals surface area contributed by atoms with Crippen LogP contribution in [-0.4, -0.2) is 14.1 Å². The minimum atomic E-state index is -0.491. The summed E-state index contributed by atoms with van der Waals surface area (Å²) in [7, 11) is 2.92. The molecule has 3 rings (SSSR count). The molecule has 0 aliphatic heterocycles. The Hall–Kier alpha value is -2.96. The predicted molar refractivity (Wildman–Crippen MR) is 81.8 cm³/mol. The molecule has 0 saturated heterocycles. The van der Waals surface area contributed by atoms with Gasteiger partial charge in [0.1, 0.15) is 5.69 Å². The molecule has 0 amide bonds. The van der Waals surface area contributed by atoms with Crippen molar-refractivity contribution in [2.45, 2.75) is 6.92 Å². The summed E-state index contributed by atoms with van der Waals surface area (Å²) in [6.45, 7) is 1.95. The van der Waals surface area contributed by atoms with Crippen molar-refractivity contribution in [1.82, 2.24) is 14.1 Å². The lowest BCUT2D eigenvalue weighted by Gasteiger charge is -2.06. The van der Waals surface area contributed by atoms with E-state index >= 15 is 0 Å². The fraction of sp³-hybridized carbons (Fsp3) is 0.200. The summed E-state index contributed by atoms with van der Waals surface area (Å²) in [5, 5.41) is 0.271. The number of rotatable bonds is 1. The van der Waals surface area contributed by atoms with Crippen molar-refractivity contribution >= 4 is 11.0 Å². The van der Waals surface area contributed by atoms with E-state index in [-0.39, 0.29) is 11.0 Å². The Kier molecular flexibility index (Phi) is 3.05. The zero-order valence-electron chi connectivity index (χ0n) is 12.4. The van der Waals surface area contributed by atoms with Crippen LogP contribution in [0.3, 0.4) is 0 Å². The van der Waals surface area contributed by atoms with E-state index in [1.807, 2.05) is 31.2 Å². The Balaban J connectivity index is 2.56. The molecule has 3 aromatic rings. The van der Waals surface area contributed by atoms with E-state index in [1.165, 1.54) is 18.7 Å². The molecule has 7 nitrogen and oxygen atoms in total. The maximum absolute atomic E-state index is 12.5. The molecule has 0 aliphatic carbocycles. The fourth-order valence-electron chi connectivity index (χ4n) is 2.47. The van der Waals surface area contributed by atoms with Gasteiger partial charge in [-0.15, -0.1) is 0 Å². The summed E-state index contributed by atoms with van der Waals surface area (Å²) in [5.41, 5.74) is 0.944. The summed E-state index contributed by atoms with van der Waals surface area (Å²) in [5.74, 6) is 0. The normalized spacial score (nSPS) is 11.0. The van der Waals surface area contributed by atoms with Gasteiger partial charge in [-0.25, -0.2) is 28.7 Å². The van der Waals surface area contributed by atoms with Gasteiger partial charge in [0, 0.05) is 12.6 Å². The van der Waals surface area contributed by atoms with Gasteiger partial charge >= 0.3 is 11.4 Å². The Morgan fingerprint density at radius 1 is 1.00 bits per heavy atom. The third kappa shape index (κ3) is 1.98. The highest BCUT2D eigenvalue weighted by Gasteiger charge is 2.20. The lowest BCUT2D eigenvalue weighted by atomic mass is 10.1. The highest BCUT2D eigenvalue weighted by Crippen LogP contribution is 2.20. The predicted octanol–water partition coefficient (Wildman–Crippen LogP) is -0.285. The summed E-state index contributed by atoms with van der Waals surface area (Å²) in [6, 6.07) is 7.43. The standard InChI is InChI=1S/C15H14N4O3/c1-8-4-6-9(7-5-8)11-10-12(17-14(21)16-11)18(2)15(22)19(3)13(10)20/h4-7H,1-3H3,(H,16,17,21)/p+1. The first kappa shape index (κ1) is 14.0. The number of aryl methyl sites for hydroxylation is 2. The second kappa shape index (κ2) is 4.80. The first-order valence-corrected chi connectivity index (χ1v) is 6.72. The molecule has 112 valence electrons. The Morgan fingerprint density at radius 3 is 2.27 bits per heavy atom. The minimum absolute atomic E-state index is 0.201. The minimum Gasteiger partial charge on any atom is -0.268 e. The number of aromatic amines is 2. The zero-order valence-corrected chi connectivity index (χ0v) is 12.4. The number of H-pyrrole nitrogens is 2. The molecule has 2 aromatic heterocycles. The van der Waals surface area contributed by atoms with Crippen molar-refractivity contribution in [2.24, 2.45) is 14.1 Å². The maximum atomic E-state index is 12.5. The first-order valence-electron chi connectivity index (χ1n) is 6.72. The Morgan fingerprint density at radius 2 is 1.64 bits per heavy atom. The zero-order chi connectivity index (χ0) is 16.0. The van der Waals surface area contributed by atoms with Gasteiger partial charge in [0.15, 0.2) is 5.39 Å². The Bertz CT molecular complexity index is 1060. The molecule has 0 bridgehead atoms. The van der Waals surface area contributed by atoms with Crippen molar-refractivity contribution in [3.63, 3.8) is 0 Å². The van der Waals surface area contributed by atoms with Gasteiger partial charge in [-0.05, 0) is 6.92 Å². The van der Waals surface area contributed by atoms with Crippen LogP contribution in [0.25, 0.3) is 22.3 Å². The van der Waals surface area contributed by atoms with Gasteiger partial charge in [-0.2, -0.15) is 0 Å². The van der Waals surface area contributed by atoms with Crippen molar-refractivity contribution < 1.29 is 4.98 Å². The number of hydrogen-bond donors (Lipinski definition) is 1. The molecule has 0 atom stereocenters. The number of nitrogens with zero attached hydrogens (tertiary/aromatic N) is 2. The summed E-state index contributed by atoms with van der Waals surface area (Å²) >= 11 is 0. The van der Waals surface area contributed by atoms with E-state index in [0.717, 1.165) is 10.1 Å². The van der Waals surface area contributed by atoms with Crippen LogP contribution in [0.5, 0.6) is 0 Å². The molecule has 22 heavy (non-hydrogen) atoms. The molecular formula is C15H15N4O3+. The monoisotopic (exact) mass is 299 g/mol. The Labute approximate surface area is 124 Å². The van der Waals surface area contributed by atoms with E-state index in [1.54, 1.807) is 0 Å². The van der Waals surface area contributed by atoms with Crippen LogP contribution < -0.4 is 21.9 Å². The third-order valence-corrected chi connectivity index (χ3v) is 3.73. The van der Waals surface area contributed by atoms with E-state index in [2.05, 4.69) is 9.97 Å². The van der Waals surface area contributed by atoms with Crippen LogP contribution in [0.15, 0.2) is 38.6 Å². The van der Waals surface area contributed by atoms with Crippen LogP contribution in [-0.2, 0) is 14.1 Å². The van der Waals surface area contributed by atoms with E-state index in [0.29, 0.717) is 11.3 Å². The molecule has 7 heteroatoms. The quantitative estimate of drug-likeness (QED) is 0.669. The van der Waals surface area contributed by atoms with E-state index < -0.39 is 16.9 Å². The average molecular weight is 299 g/mol. The first-order chi connectivity index (χ1) is 10.4. The van der Waals surface area contributed by atoms with E-state index in [4.69, 9.17) is 0 Å². The van der Waals surface area contributed by atoms with Gasteiger partial charge < -0.3 is 0 Å². The molecule has 0 radical (unpaired) electrons. The molecule has 0 fully saturated rings. The largest absolute Gasteiger partial charge is 0.439 e. The summed E-state index contributed by atoms with van der Waals surface area (Å²) in [6.07, 6.45) is 0. The molecule has 2 heterocycles. The van der Waals surface area contributed by atoms with Gasteiger partial charge in [-0.3, -0.25) is 4.79 Å². The number of nitrogens with one attached hydrogen (secondary N) is 2. The summed E-state index contributed by atoms with van der Waals surface area (Å²) in [4.78, 5) is 41.5. The van der Waals surface area contributed by atoms with Crippen molar-refractivity contribution in [3.05, 3.63) is 61.2 Å². The lowest BCUT2D eigenvalue weighted by molar-refractivity contribution is -0.374. The molecule has 0 saturated carbocycles. The second-order valence-electron chi connectivity index (χ2n) is 5.25. The van der Waals surface area contributed by atoms with Gasteiger partial charge in [0.05, 0.1) is 7.05 Å². The topological polar surface area (TPSA) is 91.0 Å². The highest BCUT2D eigenvalue weighted by atomic mass is 16.2. The average Bonchev–Trinajstić information content (AvgIpc) is 2.50. The second-order valence-corrected chi connectivity index (χ2v) is 5.25. The van der Waals surface area contributed by atoms with Crippen LogP contribution >= 0.6 is 0 Å². The van der Waals surface area contributed by atoms with Gasteiger partial charge in [-0.1, -0.05) is 29.8 Å². The third-order valence-electron chi connectivity index (χ3n) is 3.73. The number of fused-ring (bicyclic) bond motifs is 1. The fourth-order valence-corrected chi connectivity index (χ4v) is 2.47. The van der Waals surface area contributed by atoms with Crippen LogP contribution in [0.2, 0.25) is 0 Å². The van der Waals surface area contributed by atoms with E-state index in [9.17, 15) is 14.4 Å². The molecule has 1 aromatic carbocycles. The van der Waals surface area contributed by atoms with Gasteiger partial charge in [0.2, 0.25) is 5.65 Å². The number of hydrogen-bond acceptors (Lipinski definition) is 3. The van der Waals surface area contributed by atoms with Crippen LogP contribution in [0.1, 0.15) is 5.56 Å². The van der Waals surface area contributed by atoms with Crippen molar-refractivity contribution in [2.75, 3.05) is 0 Å². The molecule has 0 aliphatic rings. The van der Waals surface area contributed by atoms with Crippen LogP contribution in [0, 0.1) is 6.92 Å². The smallest absolute Gasteiger partial charge is 0.268 e. The van der Waals surface area contributed by atoms with Crippen LogP contribution in [0.4, 0.5) is 0 Å². The number of aromatic nitrogens is 4. The lowest BCUT2D eigenvalue weighted by Crippen LogP contribution is -2.43. The van der Waals surface area contributed by atoms with Crippen molar-refractivity contribution in [3.8, 4) is 11.3 Å². The number of benzene rings is 1. The highest BCUT2D eigenvalue weighted by molar-refractivity contribution is 5.87. The SMILES string of the molecule is Cc1ccc(-c2[nH]c(=O)[nH+]c3c2c(=O)n(C)c(=O)n3C)cc1. The molecule has 2 N–H and O–H groups in total. The van der Waals surface area contributed by atoms with Crippen molar-refractivity contribution in [1.29, 1.82) is 0 Å².